The van der Waals surface area contributed by atoms with Crippen molar-refractivity contribution >= 4 is 23.0 Å². The molecule has 3 aromatic heterocycles. The van der Waals surface area contributed by atoms with E-state index in [-0.39, 0.29) is 17.7 Å². The van der Waals surface area contributed by atoms with Crippen LogP contribution in [0, 0.1) is 11.8 Å². The first-order valence-corrected chi connectivity index (χ1v) is 10.5. The molecule has 0 aliphatic heterocycles. The third-order valence-electron chi connectivity index (χ3n) is 5.87. The Morgan fingerprint density at radius 3 is 2.67 bits per heavy atom. The highest BCUT2D eigenvalue weighted by Gasteiger charge is 2.36. The number of pyridine rings is 1. The first-order chi connectivity index (χ1) is 14.7. The van der Waals surface area contributed by atoms with Crippen molar-refractivity contribution in [2.45, 2.75) is 38.1 Å². The summed E-state index contributed by atoms with van der Waals surface area (Å²) in [5.74, 6) is 0.317. The summed E-state index contributed by atoms with van der Waals surface area (Å²) in [6.07, 6.45) is 11.1. The zero-order chi connectivity index (χ0) is 20.5. The van der Waals surface area contributed by atoms with Gasteiger partial charge in [0.25, 0.3) is 5.91 Å². The second kappa shape index (κ2) is 7.85. The van der Waals surface area contributed by atoms with Crippen LogP contribution in [0.2, 0.25) is 0 Å². The number of fused-ring (bicyclic) bond motifs is 1. The molecule has 0 bridgehead atoms. The smallest absolute Gasteiger partial charge is 0.255 e. The first-order valence-electron chi connectivity index (χ1n) is 10.5. The van der Waals surface area contributed by atoms with E-state index >= 15 is 0 Å². The van der Waals surface area contributed by atoms with Crippen LogP contribution in [-0.2, 0) is 11.3 Å². The van der Waals surface area contributed by atoms with E-state index in [4.69, 9.17) is 0 Å². The summed E-state index contributed by atoms with van der Waals surface area (Å²) in [6.45, 7) is 0.772. The molecule has 0 saturated heterocycles. The van der Waals surface area contributed by atoms with Crippen LogP contribution in [0.5, 0.6) is 0 Å². The lowest BCUT2D eigenvalue weighted by Crippen LogP contribution is -2.39. The number of nitrogens with one attached hydrogen (secondary N) is 3. The number of H-pyrrole nitrogens is 1. The number of nitrogens with zero attached hydrogens (tertiary/aromatic N) is 3. The number of hydrogen-bond donors (Lipinski definition) is 3. The molecule has 2 aliphatic rings. The molecule has 3 heterocycles. The molecule has 5 rings (SSSR count). The van der Waals surface area contributed by atoms with Crippen molar-refractivity contribution < 1.29 is 9.59 Å². The van der Waals surface area contributed by atoms with Gasteiger partial charge in [0.2, 0.25) is 5.91 Å². The van der Waals surface area contributed by atoms with Crippen LogP contribution in [0.4, 0.5) is 0 Å². The topological polar surface area (TPSA) is 113 Å². The third-order valence-corrected chi connectivity index (χ3v) is 5.87. The number of carbonyl (C=O) groups excluding carboxylic acids is 2. The van der Waals surface area contributed by atoms with E-state index in [1.54, 1.807) is 24.8 Å². The van der Waals surface area contributed by atoms with Crippen LogP contribution in [0.15, 0.2) is 36.9 Å². The van der Waals surface area contributed by atoms with Crippen molar-refractivity contribution in [3.05, 3.63) is 53.7 Å². The first kappa shape index (κ1) is 18.7. The maximum Gasteiger partial charge on any atom is 0.255 e. The Balaban J connectivity index is 1.23. The molecule has 0 unspecified atom stereocenters. The number of amides is 2. The average molecular weight is 404 g/mol. The van der Waals surface area contributed by atoms with Crippen LogP contribution in [0.25, 0.3) is 11.2 Å². The van der Waals surface area contributed by atoms with Crippen molar-refractivity contribution in [1.29, 1.82) is 0 Å². The fraction of sp³-hybridized carbons (Fsp3) is 0.409. The molecule has 8 heteroatoms. The van der Waals surface area contributed by atoms with Gasteiger partial charge in [-0.05, 0) is 49.3 Å². The van der Waals surface area contributed by atoms with Gasteiger partial charge in [-0.1, -0.05) is 0 Å². The predicted octanol–water partition coefficient (Wildman–Crippen LogP) is 2.30. The summed E-state index contributed by atoms with van der Waals surface area (Å²) in [4.78, 5) is 41.6. The molecule has 154 valence electrons. The summed E-state index contributed by atoms with van der Waals surface area (Å²) in [5.41, 5.74) is 3.63. The van der Waals surface area contributed by atoms with Gasteiger partial charge in [0.1, 0.15) is 5.52 Å². The van der Waals surface area contributed by atoms with Crippen LogP contribution in [0.1, 0.15) is 53.2 Å². The van der Waals surface area contributed by atoms with E-state index in [1.807, 2.05) is 12.1 Å². The minimum absolute atomic E-state index is 0.0237. The number of aromatic amines is 1. The largest absolute Gasteiger partial charge is 0.352 e. The van der Waals surface area contributed by atoms with Crippen molar-refractivity contribution in [2.75, 3.05) is 6.54 Å². The van der Waals surface area contributed by atoms with E-state index in [0.717, 1.165) is 36.9 Å². The molecule has 2 fully saturated rings. The number of rotatable bonds is 8. The van der Waals surface area contributed by atoms with Crippen molar-refractivity contribution in [1.82, 2.24) is 30.6 Å². The predicted molar refractivity (Wildman–Crippen MR) is 110 cm³/mol. The Hall–Kier alpha value is -3.29. The lowest BCUT2D eigenvalue weighted by molar-refractivity contribution is -0.125. The molecule has 0 spiro atoms. The van der Waals surface area contributed by atoms with Crippen molar-refractivity contribution in [3.8, 4) is 0 Å². The lowest BCUT2D eigenvalue weighted by Gasteiger charge is -2.17. The van der Waals surface area contributed by atoms with Crippen LogP contribution in [-0.4, -0.2) is 38.3 Å². The van der Waals surface area contributed by atoms with E-state index in [1.165, 1.54) is 0 Å². The van der Waals surface area contributed by atoms with Gasteiger partial charge in [0.05, 0.1) is 23.4 Å². The molecular formula is C22H24N6O2. The molecule has 3 aromatic rings. The fourth-order valence-corrected chi connectivity index (χ4v) is 3.74. The highest BCUT2D eigenvalue weighted by molar-refractivity contribution is 6.04. The Morgan fingerprint density at radius 1 is 1.13 bits per heavy atom. The lowest BCUT2D eigenvalue weighted by atomic mass is 10.0. The second-order valence-electron chi connectivity index (χ2n) is 8.20. The number of aromatic nitrogens is 4. The minimum Gasteiger partial charge on any atom is -0.352 e. The van der Waals surface area contributed by atoms with Crippen LogP contribution >= 0.6 is 0 Å². The van der Waals surface area contributed by atoms with E-state index in [9.17, 15) is 9.59 Å². The monoisotopic (exact) mass is 404 g/mol. The Morgan fingerprint density at radius 2 is 1.93 bits per heavy atom. The Labute approximate surface area is 173 Å². The zero-order valence-electron chi connectivity index (χ0n) is 16.6. The van der Waals surface area contributed by atoms with Gasteiger partial charge >= 0.3 is 0 Å². The van der Waals surface area contributed by atoms with Gasteiger partial charge in [0.15, 0.2) is 5.65 Å². The van der Waals surface area contributed by atoms with Crippen LogP contribution in [0.3, 0.4) is 0 Å². The molecule has 2 amide bonds. The summed E-state index contributed by atoms with van der Waals surface area (Å²) in [7, 11) is 0. The summed E-state index contributed by atoms with van der Waals surface area (Å²) >= 11 is 0. The summed E-state index contributed by atoms with van der Waals surface area (Å²) in [6, 6.07) is 3.75. The second-order valence-corrected chi connectivity index (χ2v) is 8.20. The highest BCUT2D eigenvalue weighted by Crippen LogP contribution is 2.39. The number of hydrogen-bond acceptors (Lipinski definition) is 5. The van der Waals surface area contributed by atoms with Gasteiger partial charge in [-0.3, -0.25) is 14.6 Å². The van der Waals surface area contributed by atoms with Crippen molar-refractivity contribution in [2.24, 2.45) is 11.8 Å². The SMILES string of the molecule is O=C(NC[C@@H](C(=O)NCc1ccncc1)C1CC1)c1c[nH]c2ncc(C3CC3)nc12. The van der Waals surface area contributed by atoms with Gasteiger partial charge in [-0.2, -0.15) is 0 Å². The van der Waals surface area contributed by atoms with E-state index in [0.29, 0.717) is 41.7 Å². The summed E-state index contributed by atoms with van der Waals surface area (Å²) < 4.78 is 0. The number of carbonyl (C=O) groups is 2. The fourth-order valence-electron chi connectivity index (χ4n) is 3.74. The third kappa shape index (κ3) is 4.03. The van der Waals surface area contributed by atoms with Gasteiger partial charge in [0, 0.05) is 37.6 Å². The molecule has 2 saturated carbocycles. The van der Waals surface area contributed by atoms with Gasteiger partial charge < -0.3 is 15.6 Å². The Bertz CT molecular complexity index is 1070. The summed E-state index contributed by atoms with van der Waals surface area (Å²) in [5, 5.41) is 5.93. The minimum atomic E-state index is -0.228. The van der Waals surface area contributed by atoms with Crippen molar-refractivity contribution in [3.63, 3.8) is 0 Å². The maximum absolute atomic E-state index is 12.8. The highest BCUT2D eigenvalue weighted by atomic mass is 16.2. The molecule has 0 radical (unpaired) electrons. The Kier molecular flexibility index (Phi) is 4.90. The van der Waals surface area contributed by atoms with Crippen LogP contribution < -0.4 is 10.6 Å². The molecule has 1 atom stereocenters. The van der Waals surface area contributed by atoms with Gasteiger partial charge in [-0.15, -0.1) is 0 Å². The molecule has 3 N–H and O–H groups in total. The normalized spacial score (nSPS) is 16.9. The molecule has 30 heavy (non-hydrogen) atoms. The molecule has 8 nitrogen and oxygen atoms in total. The van der Waals surface area contributed by atoms with Gasteiger partial charge in [-0.25, -0.2) is 9.97 Å². The molecular weight excluding hydrogens is 380 g/mol. The standard InChI is InChI=1S/C22H24N6O2/c29-21(26-9-13-5-7-23-8-6-13)16(14-1-2-14)10-27-22(30)17-11-24-20-19(17)28-18(12-25-20)15-3-4-15/h5-8,11-12,14-16H,1-4,9-10H2,(H,24,25)(H,26,29)(H,27,30)/t16-/m1/s1. The zero-order valence-corrected chi connectivity index (χ0v) is 16.6. The maximum atomic E-state index is 12.8. The van der Waals surface area contributed by atoms with E-state index in [2.05, 4.69) is 30.6 Å². The van der Waals surface area contributed by atoms with E-state index < -0.39 is 0 Å². The average Bonchev–Trinajstić information content (AvgIpc) is 3.70. The molecule has 0 aromatic carbocycles. The quantitative estimate of drug-likeness (QED) is 0.533. The molecule has 2 aliphatic carbocycles.